The van der Waals surface area contributed by atoms with Crippen molar-refractivity contribution in [3.05, 3.63) is 83.6 Å². The third kappa shape index (κ3) is 3.97. The maximum atomic E-state index is 13.6. The molecule has 2 aromatic carbocycles. The lowest BCUT2D eigenvalue weighted by atomic mass is 10.2. The Morgan fingerprint density at radius 2 is 1.77 bits per heavy atom. The summed E-state index contributed by atoms with van der Waals surface area (Å²) in [4.78, 5) is 19.8. The number of hydrogen-bond donors (Lipinski definition) is 1. The third-order valence-corrected chi connectivity index (χ3v) is 3.39. The van der Waals surface area contributed by atoms with E-state index in [0.717, 1.165) is 18.0 Å². The summed E-state index contributed by atoms with van der Waals surface area (Å²) in [5.74, 6) is -5.19. The van der Waals surface area contributed by atoms with Gasteiger partial charge in [0.1, 0.15) is 18.6 Å². The first-order valence-corrected chi connectivity index (χ1v) is 7.48. The Kier molecular flexibility index (Phi) is 5.12. The molecule has 0 unspecified atom stereocenters. The fraction of sp³-hybridized carbons (Fsp3) is 0.0556. The molecular weight excluding hydrogens is 347 g/mol. The highest BCUT2D eigenvalue weighted by Crippen LogP contribution is 2.20. The SMILES string of the molecule is O=C(Nc1ccc(F)c(F)c1F)c1cc(OCc2ccccc2)ncn1. The van der Waals surface area contributed by atoms with Gasteiger partial charge in [0.2, 0.25) is 5.88 Å². The monoisotopic (exact) mass is 359 g/mol. The molecule has 132 valence electrons. The molecule has 3 aromatic rings. The van der Waals surface area contributed by atoms with E-state index < -0.39 is 29.0 Å². The molecule has 0 radical (unpaired) electrons. The van der Waals surface area contributed by atoms with Gasteiger partial charge in [-0.1, -0.05) is 30.3 Å². The smallest absolute Gasteiger partial charge is 0.274 e. The molecule has 1 aromatic heterocycles. The summed E-state index contributed by atoms with van der Waals surface area (Å²) in [7, 11) is 0. The van der Waals surface area contributed by atoms with Crippen LogP contribution in [0.2, 0.25) is 0 Å². The highest BCUT2D eigenvalue weighted by Gasteiger charge is 2.17. The number of amides is 1. The van der Waals surface area contributed by atoms with E-state index in [-0.39, 0.29) is 18.2 Å². The van der Waals surface area contributed by atoms with Crippen molar-refractivity contribution >= 4 is 11.6 Å². The van der Waals surface area contributed by atoms with Crippen molar-refractivity contribution in [1.29, 1.82) is 0 Å². The number of nitrogens with one attached hydrogen (secondary N) is 1. The second kappa shape index (κ2) is 7.64. The van der Waals surface area contributed by atoms with Gasteiger partial charge in [-0.15, -0.1) is 0 Å². The fourth-order valence-corrected chi connectivity index (χ4v) is 2.08. The zero-order valence-electron chi connectivity index (χ0n) is 13.2. The van der Waals surface area contributed by atoms with Crippen molar-refractivity contribution in [3.63, 3.8) is 0 Å². The van der Waals surface area contributed by atoms with Gasteiger partial charge in [0, 0.05) is 6.07 Å². The van der Waals surface area contributed by atoms with Crippen LogP contribution in [0.5, 0.6) is 5.88 Å². The zero-order valence-corrected chi connectivity index (χ0v) is 13.2. The standard InChI is InChI=1S/C18H12F3N3O2/c19-12-6-7-13(17(21)16(12)20)24-18(25)14-8-15(23-10-22-14)26-9-11-4-2-1-3-5-11/h1-8,10H,9H2,(H,24,25). The number of nitrogens with zero attached hydrogens (tertiary/aromatic N) is 2. The van der Waals surface area contributed by atoms with E-state index in [4.69, 9.17) is 4.74 Å². The first-order valence-electron chi connectivity index (χ1n) is 7.48. The molecule has 0 fully saturated rings. The van der Waals surface area contributed by atoms with Crippen LogP contribution in [0.15, 0.2) is 54.9 Å². The van der Waals surface area contributed by atoms with Crippen LogP contribution in [0.4, 0.5) is 18.9 Å². The molecule has 0 aliphatic carbocycles. The Morgan fingerprint density at radius 3 is 2.54 bits per heavy atom. The molecule has 8 heteroatoms. The molecule has 5 nitrogen and oxygen atoms in total. The Morgan fingerprint density at radius 1 is 1.00 bits per heavy atom. The van der Waals surface area contributed by atoms with Crippen LogP contribution in [0, 0.1) is 17.5 Å². The summed E-state index contributed by atoms with van der Waals surface area (Å²) in [5, 5.41) is 2.13. The number of hydrogen-bond acceptors (Lipinski definition) is 4. The molecule has 1 amide bonds. The van der Waals surface area contributed by atoms with Crippen molar-refractivity contribution in [2.75, 3.05) is 5.32 Å². The average molecular weight is 359 g/mol. The molecule has 1 N–H and O–H groups in total. The predicted octanol–water partition coefficient (Wildman–Crippen LogP) is 3.73. The zero-order chi connectivity index (χ0) is 18.5. The minimum atomic E-state index is -1.67. The highest BCUT2D eigenvalue weighted by atomic mass is 19.2. The number of halogens is 3. The maximum Gasteiger partial charge on any atom is 0.274 e. The van der Waals surface area contributed by atoms with E-state index in [1.54, 1.807) is 0 Å². The van der Waals surface area contributed by atoms with Crippen LogP contribution < -0.4 is 10.1 Å². The van der Waals surface area contributed by atoms with E-state index >= 15 is 0 Å². The lowest BCUT2D eigenvalue weighted by molar-refractivity contribution is 0.102. The molecule has 0 saturated carbocycles. The van der Waals surface area contributed by atoms with Gasteiger partial charge in [0.15, 0.2) is 17.5 Å². The van der Waals surface area contributed by atoms with Gasteiger partial charge in [0.25, 0.3) is 5.91 Å². The second-order valence-corrected chi connectivity index (χ2v) is 5.19. The van der Waals surface area contributed by atoms with Gasteiger partial charge in [0.05, 0.1) is 5.69 Å². The molecule has 0 spiro atoms. The van der Waals surface area contributed by atoms with Gasteiger partial charge in [-0.3, -0.25) is 4.79 Å². The summed E-state index contributed by atoms with van der Waals surface area (Å²) >= 11 is 0. The van der Waals surface area contributed by atoms with E-state index in [0.29, 0.717) is 6.07 Å². The lowest BCUT2D eigenvalue weighted by Crippen LogP contribution is -2.16. The van der Waals surface area contributed by atoms with Crippen LogP contribution in [0.1, 0.15) is 16.1 Å². The van der Waals surface area contributed by atoms with Crippen LogP contribution in [-0.4, -0.2) is 15.9 Å². The molecule has 0 aliphatic rings. The van der Waals surface area contributed by atoms with E-state index in [1.807, 2.05) is 30.3 Å². The summed E-state index contributed by atoms with van der Waals surface area (Å²) in [6.07, 6.45) is 1.11. The van der Waals surface area contributed by atoms with Crippen molar-refractivity contribution in [2.24, 2.45) is 0 Å². The second-order valence-electron chi connectivity index (χ2n) is 5.19. The summed E-state index contributed by atoms with van der Waals surface area (Å²) < 4.78 is 45.3. The van der Waals surface area contributed by atoms with E-state index in [1.165, 1.54) is 6.07 Å². The van der Waals surface area contributed by atoms with E-state index in [9.17, 15) is 18.0 Å². The molecule has 26 heavy (non-hydrogen) atoms. The van der Waals surface area contributed by atoms with Crippen LogP contribution in [-0.2, 0) is 6.61 Å². The number of carbonyl (C=O) groups is 1. The van der Waals surface area contributed by atoms with Crippen molar-refractivity contribution in [1.82, 2.24) is 9.97 Å². The van der Waals surface area contributed by atoms with Gasteiger partial charge >= 0.3 is 0 Å². The molecule has 1 heterocycles. The Bertz CT molecular complexity index is 936. The van der Waals surface area contributed by atoms with Gasteiger partial charge in [-0.05, 0) is 17.7 Å². The van der Waals surface area contributed by atoms with Gasteiger partial charge in [-0.2, -0.15) is 0 Å². The van der Waals surface area contributed by atoms with Gasteiger partial charge in [-0.25, -0.2) is 23.1 Å². The van der Waals surface area contributed by atoms with Gasteiger partial charge < -0.3 is 10.1 Å². The first kappa shape index (κ1) is 17.4. The number of ether oxygens (including phenoxy) is 1. The lowest BCUT2D eigenvalue weighted by Gasteiger charge is -2.08. The van der Waals surface area contributed by atoms with Crippen LogP contribution >= 0.6 is 0 Å². The first-order chi connectivity index (χ1) is 12.5. The Balaban J connectivity index is 1.71. The number of benzene rings is 2. The molecule has 0 saturated heterocycles. The normalized spacial score (nSPS) is 10.4. The Hall–Kier alpha value is -3.42. The Labute approximate surface area is 146 Å². The molecule has 0 bridgehead atoms. The number of rotatable bonds is 5. The topological polar surface area (TPSA) is 64.1 Å². The molecule has 0 atom stereocenters. The number of carbonyl (C=O) groups excluding carboxylic acids is 1. The highest BCUT2D eigenvalue weighted by molar-refractivity contribution is 6.03. The van der Waals surface area contributed by atoms with Crippen molar-refractivity contribution in [2.45, 2.75) is 6.61 Å². The minimum Gasteiger partial charge on any atom is -0.473 e. The minimum absolute atomic E-state index is 0.118. The summed E-state index contributed by atoms with van der Waals surface area (Å²) in [6, 6.07) is 12.2. The summed E-state index contributed by atoms with van der Waals surface area (Å²) in [6.45, 7) is 0.233. The average Bonchev–Trinajstić information content (AvgIpc) is 2.68. The molecular formula is C18H12F3N3O2. The maximum absolute atomic E-state index is 13.6. The number of anilines is 1. The molecule has 3 rings (SSSR count). The molecule has 0 aliphatic heterocycles. The summed E-state index contributed by atoms with van der Waals surface area (Å²) in [5.41, 5.74) is 0.285. The largest absolute Gasteiger partial charge is 0.473 e. The fourth-order valence-electron chi connectivity index (χ4n) is 2.08. The number of aromatic nitrogens is 2. The van der Waals surface area contributed by atoms with Crippen molar-refractivity contribution in [3.8, 4) is 5.88 Å². The van der Waals surface area contributed by atoms with Crippen LogP contribution in [0.25, 0.3) is 0 Å². The third-order valence-electron chi connectivity index (χ3n) is 3.39. The van der Waals surface area contributed by atoms with Crippen molar-refractivity contribution < 1.29 is 22.7 Å². The quantitative estimate of drug-likeness (QED) is 0.705. The van der Waals surface area contributed by atoms with E-state index in [2.05, 4.69) is 15.3 Å². The van der Waals surface area contributed by atoms with Crippen LogP contribution in [0.3, 0.4) is 0 Å². The predicted molar refractivity (Wildman–Crippen MR) is 87.1 cm³/mol.